The summed E-state index contributed by atoms with van der Waals surface area (Å²) < 4.78 is 25.0. The van der Waals surface area contributed by atoms with Gasteiger partial charge in [0.05, 0.1) is 12.3 Å². The third-order valence-electron chi connectivity index (χ3n) is 4.10. The van der Waals surface area contributed by atoms with Gasteiger partial charge in [0.2, 0.25) is 10.0 Å². The molecule has 2 heterocycles. The molecule has 0 aliphatic carbocycles. The summed E-state index contributed by atoms with van der Waals surface area (Å²) in [5.74, 6) is 6.08. The van der Waals surface area contributed by atoms with Crippen LogP contribution in [0.15, 0.2) is 12.1 Å². The second-order valence-electron chi connectivity index (χ2n) is 5.74. The van der Waals surface area contributed by atoms with Crippen LogP contribution < -0.4 is 11.3 Å². The lowest BCUT2D eigenvalue weighted by molar-refractivity contribution is 0.239. The minimum atomic E-state index is -3.08. The lowest BCUT2D eigenvalue weighted by Gasteiger charge is -2.32. The maximum absolute atomic E-state index is 11.7. The van der Waals surface area contributed by atoms with Crippen LogP contribution in [0.1, 0.15) is 42.0 Å². The van der Waals surface area contributed by atoms with E-state index in [0.717, 1.165) is 25.7 Å². The zero-order valence-corrected chi connectivity index (χ0v) is 14.3. The number of nitrogens with two attached hydrogens (primary N) is 1. The molecule has 0 amide bonds. The van der Waals surface area contributed by atoms with E-state index in [1.807, 2.05) is 0 Å². The van der Waals surface area contributed by atoms with E-state index in [1.54, 1.807) is 15.6 Å². The number of thiophene rings is 1. The largest absolute Gasteiger partial charge is 0.271 e. The van der Waals surface area contributed by atoms with Gasteiger partial charge in [0.15, 0.2) is 0 Å². The van der Waals surface area contributed by atoms with Gasteiger partial charge in [0.1, 0.15) is 0 Å². The molecule has 21 heavy (non-hydrogen) atoms. The van der Waals surface area contributed by atoms with Crippen molar-refractivity contribution in [3.63, 3.8) is 0 Å². The van der Waals surface area contributed by atoms with E-state index < -0.39 is 10.0 Å². The smallest absolute Gasteiger partial charge is 0.211 e. The standard InChI is InChI=1S/C14H25N3O2S2/c1-3-12-6-7-14(20-12)13(16-15)9-11-5-4-8-17(10-11)21(2,18)19/h6-7,11,13,16H,3-5,8-10,15H2,1-2H3. The molecule has 0 saturated carbocycles. The first kappa shape index (κ1) is 16.9. The number of rotatable bonds is 6. The van der Waals surface area contributed by atoms with Gasteiger partial charge < -0.3 is 0 Å². The van der Waals surface area contributed by atoms with Crippen LogP contribution in [0.3, 0.4) is 0 Å². The van der Waals surface area contributed by atoms with E-state index in [0.29, 0.717) is 19.0 Å². The van der Waals surface area contributed by atoms with Gasteiger partial charge in [-0.3, -0.25) is 11.3 Å². The predicted octanol–water partition coefficient (Wildman–Crippen LogP) is 1.88. The Kier molecular flexibility index (Phi) is 5.79. The molecule has 3 N–H and O–H groups in total. The third kappa shape index (κ3) is 4.50. The molecule has 2 rings (SSSR count). The van der Waals surface area contributed by atoms with Gasteiger partial charge in [0, 0.05) is 22.8 Å². The Morgan fingerprint density at radius 1 is 1.52 bits per heavy atom. The number of sulfonamides is 1. The maximum atomic E-state index is 11.7. The normalized spacial score (nSPS) is 22.3. The van der Waals surface area contributed by atoms with Crippen LogP contribution in [0.4, 0.5) is 0 Å². The molecule has 1 fully saturated rings. The quantitative estimate of drug-likeness (QED) is 0.616. The molecule has 5 nitrogen and oxygen atoms in total. The lowest BCUT2D eigenvalue weighted by Crippen LogP contribution is -2.40. The summed E-state index contributed by atoms with van der Waals surface area (Å²) >= 11 is 1.79. The van der Waals surface area contributed by atoms with Crippen LogP contribution >= 0.6 is 11.3 Å². The molecular weight excluding hydrogens is 306 g/mol. The first-order chi connectivity index (χ1) is 9.94. The lowest BCUT2D eigenvalue weighted by atomic mass is 9.92. The van der Waals surface area contributed by atoms with Crippen molar-refractivity contribution in [2.45, 2.75) is 38.6 Å². The summed E-state index contributed by atoms with van der Waals surface area (Å²) in [5, 5.41) is 0. The highest BCUT2D eigenvalue weighted by Crippen LogP contribution is 2.31. The molecule has 2 atom stereocenters. The van der Waals surface area contributed by atoms with E-state index >= 15 is 0 Å². The maximum Gasteiger partial charge on any atom is 0.211 e. The van der Waals surface area contributed by atoms with E-state index in [9.17, 15) is 8.42 Å². The minimum absolute atomic E-state index is 0.111. The van der Waals surface area contributed by atoms with E-state index in [2.05, 4.69) is 24.5 Å². The van der Waals surface area contributed by atoms with Crippen LogP contribution in [0.5, 0.6) is 0 Å². The molecule has 1 aromatic rings. The van der Waals surface area contributed by atoms with Crippen molar-refractivity contribution in [2.75, 3.05) is 19.3 Å². The fourth-order valence-corrected chi connectivity index (χ4v) is 4.86. The summed E-state index contributed by atoms with van der Waals surface area (Å²) in [4.78, 5) is 2.59. The average Bonchev–Trinajstić information content (AvgIpc) is 2.93. The van der Waals surface area contributed by atoms with Crippen molar-refractivity contribution in [3.8, 4) is 0 Å². The Hall–Kier alpha value is -0.470. The summed E-state index contributed by atoms with van der Waals surface area (Å²) in [6.07, 6.45) is 5.20. The molecule has 7 heteroatoms. The molecule has 0 radical (unpaired) electrons. The summed E-state index contributed by atoms with van der Waals surface area (Å²) in [5.41, 5.74) is 2.90. The molecule has 120 valence electrons. The zero-order valence-electron chi connectivity index (χ0n) is 12.7. The van der Waals surface area contributed by atoms with Crippen LogP contribution in [0, 0.1) is 5.92 Å². The fraction of sp³-hybridized carbons (Fsp3) is 0.714. The monoisotopic (exact) mass is 331 g/mol. The topological polar surface area (TPSA) is 75.4 Å². The van der Waals surface area contributed by atoms with Gasteiger partial charge in [-0.2, -0.15) is 0 Å². The van der Waals surface area contributed by atoms with Gasteiger partial charge in [-0.15, -0.1) is 11.3 Å². The molecule has 1 aromatic heterocycles. The van der Waals surface area contributed by atoms with E-state index in [4.69, 9.17) is 5.84 Å². The molecule has 0 spiro atoms. The van der Waals surface area contributed by atoms with Crippen LogP contribution in [-0.2, 0) is 16.4 Å². The average molecular weight is 332 g/mol. The zero-order chi connectivity index (χ0) is 15.5. The summed E-state index contributed by atoms with van der Waals surface area (Å²) in [6, 6.07) is 4.39. The van der Waals surface area contributed by atoms with Gasteiger partial charge in [-0.1, -0.05) is 6.92 Å². The van der Waals surface area contributed by atoms with Crippen molar-refractivity contribution in [1.29, 1.82) is 0 Å². The Morgan fingerprint density at radius 3 is 2.86 bits per heavy atom. The van der Waals surface area contributed by atoms with Crippen molar-refractivity contribution in [3.05, 3.63) is 21.9 Å². The number of aryl methyl sites for hydroxylation is 1. The van der Waals surface area contributed by atoms with Gasteiger partial charge in [-0.25, -0.2) is 12.7 Å². The Bertz CT molecular complexity index is 556. The summed E-state index contributed by atoms with van der Waals surface area (Å²) in [7, 11) is -3.08. The molecule has 1 saturated heterocycles. The number of nitrogens with one attached hydrogen (secondary N) is 1. The number of hydrogen-bond donors (Lipinski definition) is 2. The Labute approximate surface area is 131 Å². The predicted molar refractivity (Wildman–Crippen MR) is 87.5 cm³/mol. The Balaban J connectivity index is 2.01. The Morgan fingerprint density at radius 2 is 2.29 bits per heavy atom. The summed E-state index contributed by atoms with van der Waals surface area (Å²) in [6.45, 7) is 3.41. The second kappa shape index (κ2) is 7.19. The molecule has 2 unspecified atom stereocenters. The molecule has 0 aromatic carbocycles. The van der Waals surface area contributed by atoms with Crippen molar-refractivity contribution in [2.24, 2.45) is 11.8 Å². The highest BCUT2D eigenvalue weighted by atomic mass is 32.2. The van der Waals surface area contributed by atoms with Crippen LogP contribution in [0.25, 0.3) is 0 Å². The van der Waals surface area contributed by atoms with Crippen LogP contribution in [-0.4, -0.2) is 32.1 Å². The van der Waals surface area contributed by atoms with E-state index in [1.165, 1.54) is 16.0 Å². The third-order valence-corrected chi connectivity index (χ3v) is 6.71. The molecule has 1 aliphatic heterocycles. The fourth-order valence-electron chi connectivity index (χ4n) is 2.89. The van der Waals surface area contributed by atoms with Crippen LogP contribution in [0.2, 0.25) is 0 Å². The van der Waals surface area contributed by atoms with E-state index in [-0.39, 0.29) is 6.04 Å². The molecule has 0 bridgehead atoms. The first-order valence-corrected chi connectivity index (χ1v) is 10.1. The van der Waals surface area contributed by atoms with Crippen molar-refractivity contribution in [1.82, 2.24) is 9.73 Å². The highest BCUT2D eigenvalue weighted by molar-refractivity contribution is 7.88. The van der Waals surface area contributed by atoms with Gasteiger partial charge in [-0.05, 0) is 43.7 Å². The minimum Gasteiger partial charge on any atom is -0.271 e. The number of hydrogen-bond acceptors (Lipinski definition) is 5. The van der Waals surface area contributed by atoms with Gasteiger partial charge in [0.25, 0.3) is 0 Å². The number of piperidine rings is 1. The highest BCUT2D eigenvalue weighted by Gasteiger charge is 2.28. The number of hydrazine groups is 1. The number of nitrogens with zero attached hydrogens (tertiary/aromatic N) is 1. The second-order valence-corrected chi connectivity index (χ2v) is 8.92. The van der Waals surface area contributed by atoms with Gasteiger partial charge >= 0.3 is 0 Å². The molecule has 1 aliphatic rings. The van der Waals surface area contributed by atoms with Crippen molar-refractivity contribution < 1.29 is 8.42 Å². The van der Waals surface area contributed by atoms with Crippen molar-refractivity contribution >= 4 is 21.4 Å². The first-order valence-electron chi connectivity index (χ1n) is 7.44. The SMILES string of the molecule is CCc1ccc(C(CC2CCCN(S(C)(=O)=O)C2)NN)s1. The molecular formula is C14H25N3O2S2.